The summed E-state index contributed by atoms with van der Waals surface area (Å²) in [5.74, 6) is 0.593. The summed E-state index contributed by atoms with van der Waals surface area (Å²) in [6.07, 6.45) is 0.261. The average Bonchev–Trinajstić information content (AvgIpc) is 3.09. The van der Waals surface area contributed by atoms with Gasteiger partial charge in [0.15, 0.2) is 4.80 Å². The summed E-state index contributed by atoms with van der Waals surface area (Å²) in [5, 5.41) is 2.21. The van der Waals surface area contributed by atoms with Crippen LogP contribution in [0.2, 0.25) is 0 Å². The normalized spacial score (nSPS) is 12.0. The lowest BCUT2D eigenvalue weighted by atomic mass is 10.0. The number of amides is 1. The van der Waals surface area contributed by atoms with E-state index in [1.165, 1.54) is 11.3 Å². The Bertz CT molecular complexity index is 1230. The molecular formula is C23H22N2O3S. The molecule has 0 radical (unpaired) electrons. The lowest BCUT2D eigenvalue weighted by molar-refractivity contribution is -0.117. The molecule has 29 heavy (non-hydrogen) atoms. The maximum atomic E-state index is 12.8. The van der Waals surface area contributed by atoms with Gasteiger partial charge in [0.05, 0.1) is 24.8 Å². The highest BCUT2D eigenvalue weighted by molar-refractivity contribution is 7.16. The van der Waals surface area contributed by atoms with Crippen molar-refractivity contribution in [2.45, 2.75) is 13.0 Å². The topological polar surface area (TPSA) is 52.8 Å². The first kappa shape index (κ1) is 19.4. The van der Waals surface area contributed by atoms with E-state index < -0.39 is 0 Å². The maximum Gasteiger partial charge on any atom is 0.252 e. The van der Waals surface area contributed by atoms with Crippen molar-refractivity contribution in [1.29, 1.82) is 0 Å². The lowest BCUT2D eigenvalue weighted by Gasteiger charge is -2.08. The second-order valence-corrected chi connectivity index (χ2v) is 7.67. The molecule has 0 saturated carbocycles. The second kappa shape index (κ2) is 8.59. The van der Waals surface area contributed by atoms with E-state index in [0.717, 1.165) is 32.3 Å². The standard InChI is InChI=1S/C23H22N2O3S/c1-27-14-13-25-22-19(28-2)11-6-12-20(22)29-23(25)24-21(26)15-17-9-5-8-16-7-3-4-10-18(16)17/h3-12H,13-15H2,1-2H3. The van der Waals surface area contributed by atoms with Crippen molar-refractivity contribution in [2.24, 2.45) is 4.99 Å². The SMILES string of the molecule is COCCn1c(=NC(=O)Cc2cccc3ccccc23)sc2cccc(OC)c21. The fraction of sp³-hybridized carbons (Fsp3) is 0.217. The van der Waals surface area contributed by atoms with Gasteiger partial charge in [0.1, 0.15) is 11.3 Å². The monoisotopic (exact) mass is 406 g/mol. The van der Waals surface area contributed by atoms with Crippen LogP contribution in [0.1, 0.15) is 5.56 Å². The Morgan fingerprint density at radius 2 is 1.83 bits per heavy atom. The van der Waals surface area contributed by atoms with Crippen LogP contribution in [0, 0.1) is 0 Å². The summed E-state index contributed by atoms with van der Waals surface area (Å²) >= 11 is 1.49. The molecule has 0 fully saturated rings. The highest BCUT2D eigenvalue weighted by Crippen LogP contribution is 2.27. The van der Waals surface area contributed by atoms with E-state index >= 15 is 0 Å². The molecule has 0 atom stereocenters. The second-order valence-electron chi connectivity index (χ2n) is 6.66. The zero-order valence-electron chi connectivity index (χ0n) is 16.4. The van der Waals surface area contributed by atoms with Gasteiger partial charge in [0.25, 0.3) is 5.91 Å². The van der Waals surface area contributed by atoms with Gasteiger partial charge in [-0.2, -0.15) is 4.99 Å². The minimum absolute atomic E-state index is 0.168. The van der Waals surface area contributed by atoms with Crippen LogP contribution < -0.4 is 9.54 Å². The number of thiazole rings is 1. The average molecular weight is 407 g/mol. The largest absolute Gasteiger partial charge is 0.495 e. The first-order valence-electron chi connectivity index (χ1n) is 9.40. The number of methoxy groups -OCH3 is 2. The van der Waals surface area contributed by atoms with Crippen LogP contribution in [0.15, 0.2) is 65.7 Å². The Kier molecular flexibility index (Phi) is 5.74. The molecule has 5 nitrogen and oxygen atoms in total. The zero-order chi connectivity index (χ0) is 20.2. The van der Waals surface area contributed by atoms with Crippen molar-refractivity contribution in [2.75, 3.05) is 20.8 Å². The molecule has 0 saturated heterocycles. The number of benzene rings is 3. The van der Waals surface area contributed by atoms with E-state index in [1.807, 2.05) is 53.1 Å². The number of carbonyl (C=O) groups is 1. The number of rotatable bonds is 6. The van der Waals surface area contributed by atoms with Gasteiger partial charge in [-0.3, -0.25) is 4.79 Å². The Labute approximate surface area is 172 Å². The number of hydrogen-bond donors (Lipinski definition) is 0. The van der Waals surface area contributed by atoms with Gasteiger partial charge in [-0.05, 0) is 28.5 Å². The zero-order valence-corrected chi connectivity index (χ0v) is 17.2. The van der Waals surface area contributed by atoms with E-state index in [2.05, 4.69) is 17.1 Å². The van der Waals surface area contributed by atoms with Gasteiger partial charge in [-0.15, -0.1) is 0 Å². The molecule has 3 aromatic carbocycles. The number of fused-ring (bicyclic) bond motifs is 2. The summed E-state index contributed by atoms with van der Waals surface area (Å²) < 4.78 is 13.8. The molecule has 0 unspecified atom stereocenters. The van der Waals surface area contributed by atoms with Gasteiger partial charge >= 0.3 is 0 Å². The third-order valence-electron chi connectivity index (χ3n) is 4.84. The highest BCUT2D eigenvalue weighted by Gasteiger charge is 2.13. The van der Waals surface area contributed by atoms with E-state index in [4.69, 9.17) is 9.47 Å². The Morgan fingerprint density at radius 1 is 1.03 bits per heavy atom. The Morgan fingerprint density at radius 3 is 2.66 bits per heavy atom. The van der Waals surface area contributed by atoms with Gasteiger partial charge in [0, 0.05) is 13.7 Å². The summed E-state index contributed by atoms with van der Waals surface area (Å²) in [6.45, 7) is 1.12. The number of carbonyl (C=O) groups excluding carboxylic acids is 1. The van der Waals surface area contributed by atoms with Crippen molar-refractivity contribution >= 4 is 38.2 Å². The number of hydrogen-bond acceptors (Lipinski definition) is 4. The van der Waals surface area contributed by atoms with Crippen LogP contribution in [0.5, 0.6) is 5.75 Å². The first-order valence-corrected chi connectivity index (χ1v) is 10.2. The molecular weight excluding hydrogens is 384 g/mol. The number of para-hydroxylation sites is 1. The minimum Gasteiger partial charge on any atom is -0.495 e. The Balaban J connectivity index is 1.76. The molecule has 1 heterocycles. The predicted molar refractivity (Wildman–Crippen MR) is 116 cm³/mol. The molecule has 148 valence electrons. The van der Waals surface area contributed by atoms with Crippen LogP contribution >= 0.6 is 11.3 Å². The van der Waals surface area contributed by atoms with Gasteiger partial charge in [0.2, 0.25) is 0 Å². The molecule has 0 aliphatic carbocycles. The quantitative estimate of drug-likeness (QED) is 0.483. The van der Waals surface area contributed by atoms with E-state index in [1.54, 1.807) is 14.2 Å². The molecule has 0 aliphatic rings. The fourth-order valence-corrected chi connectivity index (χ4v) is 4.58. The highest BCUT2D eigenvalue weighted by atomic mass is 32.1. The van der Waals surface area contributed by atoms with E-state index in [9.17, 15) is 4.79 Å². The molecule has 1 amide bonds. The smallest absolute Gasteiger partial charge is 0.252 e. The Hall–Kier alpha value is -2.96. The maximum absolute atomic E-state index is 12.8. The third-order valence-corrected chi connectivity index (χ3v) is 5.89. The molecule has 0 N–H and O–H groups in total. The number of nitrogens with zero attached hydrogens (tertiary/aromatic N) is 2. The minimum atomic E-state index is -0.168. The number of aromatic nitrogens is 1. The van der Waals surface area contributed by atoms with Crippen LogP contribution in [0.4, 0.5) is 0 Å². The van der Waals surface area contributed by atoms with Crippen molar-refractivity contribution in [3.63, 3.8) is 0 Å². The van der Waals surface area contributed by atoms with E-state index in [0.29, 0.717) is 18.0 Å². The summed E-state index contributed by atoms with van der Waals surface area (Å²) in [6, 6.07) is 20.0. The van der Waals surface area contributed by atoms with Crippen LogP contribution in [0.3, 0.4) is 0 Å². The fourth-order valence-electron chi connectivity index (χ4n) is 3.49. The van der Waals surface area contributed by atoms with Crippen LogP contribution in [-0.4, -0.2) is 31.3 Å². The van der Waals surface area contributed by atoms with Crippen LogP contribution in [0.25, 0.3) is 21.0 Å². The lowest BCUT2D eigenvalue weighted by Crippen LogP contribution is -2.20. The molecule has 0 aliphatic heterocycles. The van der Waals surface area contributed by atoms with Gasteiger partial charge in [-0.1, -0.05) is 59.9 Å². The molecule has 4 rings (SSSR count). The molecule has 1 aromatic heterocycles. The van der Waals surface area contributed by atoms with Gasteiger partial charge < -0.3 is 14.0 Å². The van der Waals surface area contributed by atoms with Crippen molar-refractivity contribution in [1.82, 2.24) is 4.57 Å². The summed E-state index contributed by atoms with van der Waals surface area (Å²) in [7, 11) is 3.31. The van der Waals surface area contributed by atoms with E-state index in [-0.39, 0.29) is 12.3 Å². The van der Waals surface area contributed by atoms with Crippen molar-refractivity contribution in [3.8, 4) is 5.75 Å². The van der Waals surface area contributed by atoms with Gasteiger partial charge in [-0.25, -0.2) is 0 Å². The molecule has 6 heteroatoms. The first-order chi connectivity index (χ1) is 14.2. The third kappa shape index (κ3) is 3.95. The predicted octanol–water partition coefficient (Wildman–Crippen LogP) is 4.18. The molecule has 4 aromatic rings. The number of ether oxygens (including phenoxy) is 2. The molecule has 0 bridgehead atoms. The van der Waals surface area contributed by atoms with Crippen LogP contribution in [-0.2, 0) is 22.5 Å². The summed E-state index contributed by atoms with van der Waals surface area (Å²) in [4.78, 5) is 18.0. The molecule has 0 spiro atoms. The van der Waals surface area contributed by atoms with Crippen molar-refractivity contribution in [3.05, 3.63) is 71.0 Å². The van der Waals surface area contributed by atoms with Crippen molar-refractivity contribution < 1.29 is 14.3 Å². The summed E-state index contributed by atoms with van der Waals surface area (Å²) in [5.41, 5.74) is 1.92.